The number of aliphatic hydroxyl groups excluding tert-OH is 1. The molecule has 0 heterocycles. The molecule has 7 heteroatoms. The van der Waals surface area contributed by atoms with Crippen LogP contribution in [0.3, 0.4) is 0 Å². The summed E-state index contributed by atoms with van der Waals surface area (Å²) in [6, 6.07) is 4.47. The fraction of sp³-hybridized carbons (Fsp3) is 0.462. The number of nitrogens with one attached hydrogen (secondary N) is 1. The minimum Gasteiger partial charge on any atom is -0.391 e. The van der Waals surface area contributed by atoms with E-state index in [-0.39, 0.29) is 24.4 Å². The molecule has 1 unspecified atom stereocenters. The highest BCUT2D eigenvalue weighted by Gasteiger charge is 2.21. The Bertz CT molecular complexity index is 490. The summed E-state index contributed by atoms with van der Waals surface area (Å²) in [5, 5.41) is 22.9. The van der Waals surface area contributed by atoms with Gasteiger partial charge in [0.1, 0.15) is 5.56 Å². The monoisotopic (exact) mass is 282 g/mol. The highest BCUT2D eigenvalue weighted by Crippen LogP contribution is 2.21. The van der Waals surface area contributed by atoms with Gasteiger partial charge in [0.2, 0.25) is 0 Å². The molecule has 0 fully saturated rings. The van der Waals surface area contributed by atoms with E-state index >= 15 is 0 Å². The normalized spacial score (nSPS) is 11.9. The Morgan fingerprint density at radius 2 is 2.25 bits per heavy atom. The second-order valence-corrected chi connectivity index (χ2v) is 4.38. The second kappa shape index (κ2) is 7.56. The molecule has 1 rings (SSSR count). The zero-order chi connectivity index (χ0) is 15.1. The number of carbonyl (C=O) groups excluding carboxylic acids is 1. The average molecular weight is 282 g/mol. The lowest BCUT2D eigenvalue weighted by Gasteiger charge is -2.11. The summed E-state index contributed by atoms with van der Waals surface area (Å²) in [4.78, 5) is 22.3. The molecule has 0 aliphatic heterocycles. The molecule has 0 aliphatic carbocycles. The van der Waals surface area contributed by atoms with Gasteiger partial charge in [0, 0.05) is 19.7 Å². The van der Waals surface area contributed by atoms with Crippen LogP contribution in [0.2, 0.25) is 0 Å². The van der Waals surface area contributed by atoms with Gasteiger partial charge in [-0.1, -0.05) is 12.1 Å². The molecule has 0 spiro atoms. The van der Waals surface area contributed by atoms with Gasteiger partial charge in [0.15, 0.2) is 0 Å². The van der Waals surface area contributed by atoms with E-state index < -0.39 is 16.9 Å². The van der Waals surface area contributed by atoms with Gasteiger partial charge in [-0.2, -0.15) is 0 Å². The van der Waals surface area contributed by atoms with Crippen molar-refractivity contribution in [1.82, 2.24) is 5.32 Å². The smallest absolute Gasteiger partial charge is 0.282 e. The summed E-state index contributed by atoms with van der Waals surface area (Å²) in [5.41, 5.74) is 0.368. The maximum atomic E-state index is 12.0. The van der Waals surface area contributed by atoms with Crippen molar-refractivity contribution < 1.29 is 19.6 Å². The number of nitro benzene ring substituents is 1. The van der Waals surface area contributed by atoms with Crippen molar-refractivity contribution in [3.05, 3.63) is 39.4 Å². The summed E-state index contributed by atoms with van der Waals surface area (Å²) in [6.45, 7) is 2.04. The lowest BCUT2D eigenvalue weighted by atomic mass is 10.1. The van der Waals surface area contributed by atoms with Gasteiger partial charge in [0.05, 0.1) is 17.6 Å². The van der Waals surface area contributed by atoms with Crippen molar-refractivity contribution in [3.63, 3.8) is 0 Å². The van der Waals surface area contributed by atoms with Gasteiger partial charge in [-0.15, -0.1) is 0 Å². The van der Waals surface area contributed by atoms with Crippen molar-refractivity contribution in [1.29, 1.82) is 0 Å². The number of nitro groups is 1. The number of hydrogen-bond donors (Lipinski definition) is 2. The van der Waals surface area contributed by atoms with Crippen LogP contribution in [0.25, 0.3) is 0 Å². The average Bonchev–Trinajstić information content (AvgIpc) is 2.38. The molecule has 2 N–H and O–H groups in total. The largest absolute Gasteiger partial charge is 0.391 e. The standard InChI is InChI=1S/C13H18N2O5/c1-9-4-3-5-11(15(18)19)12(9)13(17)14-7-6-10(16)8-20-2/h3-5,10,16H,6-8H2,1-2H3,(H,14,17). The summed E-state index contributed by atoms with van der Waals surface area (Å²) >= 11 is 0. The molecule has 1 aromatic rings. The highest BCUT2D eigenvalue weighted by molar-refractivity contribution is 5.99. The Morgan fingerprint density at radius 1 is 1.55 bits per heavy atom. The predicted octanol–water partition coefficient (Wildman–Crippen LogP) is 1.03. The van der Waals surface area contributed by atoms with Crippen molar-refractivity contribution >= 4 is 11.6 Å². The molecule has 110 valence electrons. The zero-order valence-corrected chi connectivity index (χ0v) is 11.5. The number of carbonyl (C=O) groups is 1. The maximum absolute atomic E-state index is 12.0. The Kier molecular flexibility index (Phi) is 6.08. The molecule has 20 heavy (non-hydrogen) atoms. The Balaban J connectivity index is 2.71. The number of amides is 1. The van der Waals surface area contributed by atoms with Crippen molar-refractivity contribution in [3.8, 4) is 0 Å². The number of methoxy groups -OCH3 is 1. The zero-order valence-electron chi connectivity index (χ0n) is 11.5. The van der Waals surface area contributed by atoms with E-state index in [0.29, 0.717) is 12.0 Å². The van der Waals surface area contributed by atoms with Gasteiger partial charge in [-0.25, -0.2) is 0 Å². The topological polar surface area (TPSA) is 102 Å². The molecule has 1 atom stereocenters. The number of aliphatic hydroxyl groups is 1. The molecular weight excluding hydrogens is 264 g/mol. The van der Waals surface area contributed by atoms with Crippen molar-refractivity contribution in [2.24, 2.45) is 0 Å². The summed E-state index contributed by atoms with van der Waals surface area (Å²) in [6.07, 6.45) is -0.355. The lowest BCUT2D eigenvalue weighted by Crippen LogP contribution is -2.29. The van der Waals surface area contributed by atoms with Crippen LogP contribution in [0, 0.1) is 17.0 Å². The first kappa shape index (κ1) is 16.1. The first-order chi connectivity index (χ1) is 9.47. The molecule has 0 bridgehead atoms. The Morgan fingerprint density at radius 3 is 2.85 bits per heavy atom. The van der Waals surface area contributed by atoms with E-state index in [2.05, 4.69) is 5.32 Å². The minimum absolute atomic E-state index is 0.0544. The van der Waals surface area contributed by atoms with Crippen LogP contribution < -0.4 is 5.32 Å². The molecule has 0 radical (unpaired) electrons. The van der Waals surface area contributed by atoms with Crippen LogP contribution in [0.1, 0.15) is 22.3 Å². The van der Waals surface area contributed by atoms with Crippen LogP contribution in [-0.2, 0) is 4.74 Å². The lowest BCUT2D eigenvalue weighted by molar-refractivity contribution is -0.385. The van der Waals surface area contributed by atoms with E-state index in [1.807, 2.05) is 0 Å². The SMILES string of the molecule is COCC(O)CCNC(=O)c1c(C)cccc1[N+](=O)[O-]. The highest BCUT2D eigenvalue weighted by atomic mass is 16.6. The Hall–Kier alpha value is -1.99. The van der Waals surface area contributed by atoms with Crippen molar-refractivity contribution in [2.45, 2.75) is 19.4 Å². The molecular formula is C13H18N2O5. The van der Waals surface area contributed by atoms with Gasteiger partial charge >= 0.3 is 0 Å². The van der Waals surface area contributed by atoms with Crippen LogP contribution in [0.4, 0.5) is 5.69 Å². The molecule has 0 aliphatic rings. The summed E-state index contributed by atoms with van der Waals surface area (Å²) in [7, 11) is 1.47. The first-order valence-electron chi connectivity index (χ1n) is 6.16. The fourth-order valence-electron chi connectivity index (χ4n) is 1.82. The van der Waals surface area contributed by atoms with E-state index in [4.69, 9.17) is 4.74 Å². The van der Waals surface area contributed by atoms with Gasteiger partial charge in [-0.05, 0) is 18.9 Å². The summed E-state index contributed by atoms with van der Waals surface area (Å²) < 4.78 is 4.76. The third kappa shape index (κ3) is 4.29. The molecule has 0 saturated carbocycles. The third-order valence-corrected chi connectivity index (χ3v) is 2.80. The van der Waals surface area contributed by atoms with E-state index in [1.54, 1.807) is 13.0 Å². The van der Waals surface area contributed by atoms with E-state index in [9.17, 15) is 20.0 Å². The predicted molar refractivity (Wildman–Crippen MR) is 72.7 cm³/mol. The molecule has 1 amide bonds. The maximum Gasteiger partial charge on any atom is 0.282 e. The number of aryl methyl sites for hydroxylation is 1. The minimum atomic E-state index is -0.674. The van der Waals surface area contributed by atoms with Crippen LogP contribution >= 0.6 is 0 Å². The fourth-order valence-corrected chi connectivity index (χ4v) is 1.82. The quantitative estimate of drug-likeness (QED) is 0.574. The van der Waals surface area contributed by atoms with Crippen LogP contribution in [-0.4, -0.2) is 42.3 Å². The number of hydrogen-bond acceptors (Lipinski definition) is 5. The molecule has 0 saturated heterocycles. The van der Waals surface area contributed by atoms with Gasteiger partial charge in [-0.3, -0.25) is 14.9 Å². The number of nitrogens with zero attached hydrogens (tertiary/aromatic N) is 1. The molecule has 0 aromatic heterocycles. The number of benzene rings is 1. The number of ether oxygens (including phenoxy) is 1. The molecule has 1 aromatic carbocycles. The first-order valence-corrected chi connectivity index (χ1v) is 6.16. The van der Waals surface area contributed by atoms with Crippen molar-refractivity contribution in [2.75, 3.05) is 20.3 Å². The van der Waals surface area contributed by atoms with E-state index in [0.717, 1.165) is 0 Å². The summed E-state index contributed by atoms with van der Waals surface area (Å²) in [5.74, 6) is -0.514. The number of rotatable bonds is 7. The van der Waals surface area contributed by atoms with E-state index in [1.165, 1.54) is 19.2 Å². The Labute approximate surface area is 116 Å². The van der Waals surface area contributed by atoms with Gasteiger partial charge in [0.25, 0.3) is 11.6 Å². The van der Waals surface area contributed by atoms with Crippen LogP contribution in [0.5, 0.6) is 0 Å². The third-order valence-electron chi connectivity index (χ3n) is 2.80. The van der Waals surface area contributed by atoms with Crippen LogP contribution in [0.15, 0.2) is 18.2 Å². The second-order valence-electron chi connectivity index (χ2n) is 4.38. The van der Waals surface area contributed by atoms with Gasteiger partial charge < -0.3 is 15.2 Å². The molecule has 7 nitrogen and oxygen atoms in total.